The summed E-state index contributed by atoms with van der Waals surface area (Å²) < 4.78 is 2.06. The van der Waals surface area contributed by atoms with E-state index in [9.17, 15) is 9.59 Å². The van der Waals surface area contributed by atoms with Crippen LogP contribution in [0.15, 0.2) is 48.5 Å². The Hall–Kier alpha value is -3.15. The number of rotatable bonds is 5. The summed E-state index contributed by atoms with van der Waals surface area (Å²) >= 11 is 0. The third kappa shape index (κ3) is 3.78. The van der Waals surface area contributed by atoms with Gasteiger partial charge in [-0.15, -0.1) is 0 Å². The standard InChI is InChI=1S/C26H30N4O2/c1-2-19-10-4-6-12-22(19)29-17-20(16-24(29)31)26-27-21-11-5-7-13-23(21)30(26)18-25(32)28-14-8-3-9-15-28/h4-7,10-13,20H,2-3,8-9,14-18H2,1H3. The highest BCUT2D eigenvalue weighted by atomic mass is 16.2. The molecule has 1 unspecified atom stereocenters. The van der Waals surface area contributed by atoms with Crippen molar-refractivity contribution in [3.05, 3.63) is 59.9 Å². The van der Waals surface area contributed by atoms with Gasteiger partial charge >= 0.3 is 0 Å². The molecule has 2 saturated heterocycles. The van der Waals surface area contributed by atoms with Crippen LogP contribution in [0.25, 0.3) is 11.0 Å². The third-order valence-corrected chi connectivity index (χ3v) is 6.84. The number of hydrogen-bond acceptors (Lipinski definition) is 3. The molecule has 166 valence electrons. The van der Waals surface area contributed by atoms with E-state index in [1.165, 1.54) is 12.0 Å². The second-order valence-corrected chi connectivity index (χ2v) is 8.87. The average molecular weight is 431 g/mol. The summed E-state index contributed by atoms with van der Waals surface area (Å²) in [6, 6.07) is 16.1. The number of carbonyl (C=O) groups excluding carboxylic acids is 2. The monoisotopic (exact) mass is 430 g/mol. The van der Waals surface area contributed by atoms with Gasteiger partial charge < -0.3 is 14.4 Å². The highest BCUT2D eigenvalue weighted by molar-refractivity contribution is 5.97. The smallest absolute Gasteiger partial charge is 0.242 e. The number of anilines is 1. The summed E-state index contributed by atoms with van der Waals surface area (Å²) in [4.78, 5) is 34.9. The fourth-order valence-electron chi connectivity index (χ4n) is 5.14. The van der Waals surface area contributed by atoms with E-state index in [4.69, 9.17) is 4.98 Å². The Labute approximate surface area is 188 Å². The molecule has 2 aliphatic rings. The van der Waals surface area contributed by atoms with E-state index in [0.717, 1.165) is 54.9 Å². The van der Waals surface area contributed by atoms with Crippen molar-refractivity contribution in [3.8, 4) is 0 Å². The lowest BCUT2D eigenvalue weighted by molar-refractivity contribution is -0.132. The molecule has 32 heavy (non-hydrogen) atoms. The largest absolute Gasteiger partial charge is 0.341 e. The van der Waals surface area contributed by atoms with Gasteiger partial charge in [0.2, 0.25) is 11.8 Å². The van der Waals surface area contributed by atoms with Gasteiger partial charge in [-0.25, -0.2) is 4.98 Å². The number of aromatic nitrogens is 2. The van der Waals surface area contributed by atoms with Crippen molar-refractivity contribution in [1.82, 2.24) is 14.5 Å². The molecule has 1 aromatic heterocycles. The van der Waals surface area contributed by atoms with Crippen LogP contribution in [0.5, 0.6) is 0 Å². The topological polar surface area (TPSA) is 58.4 Å². The number of piperidine rings is 1. The molecule has 6 heteroatoms. The molecule has 0 bridgehead atoms. The maximum absolute atomic E-state index is 13.1. The van der Waals surface area contributed by atoms with Crippen LogP contribution in [0.3, 0.4) is 0 Å². The Kier molecular flexibility index (Phi) is 5.68. The fourth-order valence-corrected chi connectivity index (χ4v) is 5.14. The minimum absolute atomic E-state index is 0.0334. The molecular weight excluding hydrogens is 400 g/mol. The number of fused-ring (bicyclic) bond motifs is 1. The average Bonchev–Trinajstić information content (AvgIpc) is 3.40. The zero-order chi connectivity index (χ0) is 22.1. The Bertz CT molecular complexity index is 1150. The van der Waals surface area contributed by atoms with Crippen molar-refractivity contribution >= 4 is 28.5 Å². The molecule has 0 spiro atoms. The van der Waals surface area contributed by atoms with E-state index in [1.807, 2.05) is 52.3 Å². The number of likely N-dealkylation sites (tertiary alicyclic amines) is 1. The molecule has 1 atom stereocenters. The highest BCUT2D eigenvalue weighted by Crippen LogP contribution is 2.34. The first-order valence-corrected chi connectivity index (χ1v) is 11.8. The van der Waals surface area contributed by atoms with Crippen molar-refractivity contribution in [1.29, 1.82) is 0 Å². The van der Waals surface area contributed by atoms with Crippen molar-refractivity contribution in [3.63, 3.8) is 0 Å². The molecule has 0 saturated carbocycles. The predicted octanol–water partition coefficient (Wildman–Crippen LogP) is 4.13. The maximum atomic E-state index is 13.1. The SMILES string of the molecule is CCc1ccccc1N1CC(c2nc3ccccc3n2CC(=O)N2CCCCC2)CC1=O. The van der Waals surface area contributed by atoms with E-state index in [1.54, 1.807) is 0 Å². The maximum Gasteiger partial charge on any atom is 0.242 e. The van der Waals surface area contributed by atoms with Gasteiger partial charge in [0.15, 0.2) is 0 Å². The van der Waals surface area contributed by atoms with Gasteiger partial charge in [0, 0.05) is 37.7 Å². The van der Waals surface area contributed by atoms with E-state index in [-0.39, 0.29) is 24.3 Å². The number of nitrogens with zero attached hydrogens (tertiary/aromatic N) is 4. The first kappa shape index (κ1) is 20.7. The van der Waals surface area contributed by atoms with Crippen molar-refractivity contribution in [2.75, 3.05) is 24.5 Å². The molecule has 6 nitrogen and oxygen atoms in total. The van der Waals surface area contributed by atoms with Gasteiger partial charge in [-0.2, -0.15) is 0 Å². The summed E-state index contributed by atoms with van der Waals surface area (Å²) in [5, 5.41) is 0. The van der Waals surface area contributed by atoms with Gasteiger partial charge in [0.25, 0.3) is 0 Å². The van der Waals surface area contributed by atoms with Crippen LogP contribution < -0.4 is 4.90 Å². The van der Waals surface area contributed by atoms with Crippen LogP contribution in [0.4, 0.5) is 5.69 Å². The van der Waals surface area contributed by atoms with Crippen LogP contribution in [-0.2, 0) is 22.6 Å². The van der Waals surface area contributed by atoms with Crippen LogP contribution in [0.1, 0.15) is 49.9 Å². The number of aryl methyl sites for hydroxylation is 1. The molecule has 2 fully saturated rings. The number of para-hydroxylation sites is 3. The van der Waals surface area contributed by atoms with Crippen molar-refractivity contribution in [2.45, 2.75) is 51.5 Å². The number of imidazole rings is 1. The van der Waals surface area contributed by atoms with Gasteiger partial charge in [-0.05, 0) is 49.4 Å². The summed E-state index contributed by atoms with van der Waals surface area (Å²) in [5.74, 6) is 1.08. The Morgan fingerprint density at radius 2 is 1.78 bits per heavy atom. The van der Waals surface area contributed by atoms with Gasteiger partial charge in [-0.3, -0.25) is 9.59 Å². The molecule has 0 N–H and O–H groups in total. The quantitative estimate of drug-likeness (QED) is 0.612. The zero-order valence-electron chi connectivity index (χ0n) is 18.7. The van der Waals surface area contributed by atoms with E-state index in [0.29, 0.717) is 13.0 Å². The molecule has 2 aliphatic heterocycles. The summed E-state index contributed by atoms with van der Waals surface area (Å²) in [7, 11) is 0. The van der Waals surface area contributed by atoms with Gasteiger partial charge in [-0.1, -0.05) is 37.3 Å². The molecule has 3 heterocycles. The van der Waals surface area contributed by atoms with Crippen LogP contribution in [-0.4, -0.2) is 45.9 Å². The first-order valence-electron chi connectivity index (χ1n) is 11.8. The van der Waals surface area contributed by atoms with Gasteiger partial charge in [0.05, 0.1) is 11.0 Å². The summed E-state index contributed by atoms with van der Waals surface area (Å²) in [6.07, 6.45) is 4.65. The normalized spacial score (nSPS) is 19.2. The van der Waals surface area contributed by atoms with Crippen LogP contribution >= 0.6 is 0 Å². The van der Waals surface area contributed by atoms with Gasteiger partial charge in [0.1, 0.15) is 12.4 Å². The molecule has 2 aromatic carbocycles. The number of carbonyl (C=O) groups is 2. The van der Waals surface area contributed by atoms with Crippen LogP contribution in [0.2, 0.25) is 0 Å². The van der Waals surface area contributed by atoms with E-state index >= 15 is 0 Å². The summed E-state index contributed by atoms with van der Waals surface area (Å²) in [6.45, 7) is 4.67. The fraction of sp³-hybridized carbons (Fsp3) is 0.423. The second kappa shape index (κ2) is 8.77. The lowest BCUT2D eigenvalue weighted by Gasteiger charge is -2.27. The van der Waals surface area contributed by atoms with E-state index < -0.39 is 0 Å². The first-order chi connectivity index (χ1) is 15.7. The lowest BCUT2D eigenvalue weighted by atomic mass is 10.1. The van der Waals surface area contributed by atoms with Crippen molar-refractivity contribution in [2.24, 2.45) is 0 Å². The van der Waals surface area contributed by atoms with E-state index in [2.05, 4.69) is 17.6 Å². The number of amides is 2. The molecule has 5 rings (SSSR count). The van der Waals surface area contributed by atoms with Crippen LogP contribution in [0, 0.1) is 0 Å². The number of hydrogen-bond donors (Lipinski definition) is 0. The summed E-state index contributed by atoms with van der Waals surface area (Å²) in [5.41, 5.74) is 4.02. The predicted molar refractivity (Wildman–Crippen MR) is 126 cm³/mol. The Balaban J connectivity index is 1.47. The Morgan fingerprint density at radius 1 is 1.03 bits per heavy atom. The third-order valence-electron chi connectivity index (χ3n) is 6.84. The van der Waals surface area contributed by atoms with Crippen molar-refractivity contribution < 1.29 is 9.59 Å². The molecule has 0 radical (unpaired) electrons. The highest BCUT2D eigenvalue weighted by Gasteiger charge is 2.36. The Morgan fingerprint density at radius 3 is 2.59 bits per heavy atom. The lowest BCUT2D eigenvalue weighted by Crippen LogP contribution is -2.38. The molecular formula is C26H30N4O2. The molecule has 3 aromatic rings. The minimum atomic E-state index is -0.0334. The molecule has 2 amide bonds. The second-order valence-electron chi connectivity index (χ2n) is 8.87. The number of benzene rings is 2. The minimum Gasteiger partial charge on any atom is -0.341 e. The zero-order valence-corrected chi connectivity index (χ0v) is 18.7. The molecule has 0 aliphatic carbocycles.